The molecule has 6 heteroatoms. The maximum atomic E-state index is 11.5. The molecule has 0 spiro atoms. The van der Waals surface area contributed by atoms with E-state index >= 15 is 0 Å². The van der Waals surface area contributed by atoms with Gasteiger partial charge in [0.25, 0.3) is 5.91 Å². The van der Waals surface area contributed by atoms with E-state index in [0.717, 1.165) is 25.9 Å². The van der Waals surface area contributed by atoms with E-state index < -0.39 is 0 Å². The molecule has 4 rings (SSSR count). The highest BCUT2D eigenvalue weighted by Crippen LogP contribution is 2.37. The summed E-state index contributed by atoms with van der Waals surface area (Å²) in [5.74, 6) is -0.342. The van der Waals surface area contributed by atoms with Gasteiger partial charge in [-0.3, -0.25) is 9.69 Å². The second-order valence-electron chi connectivity index (χ2n) is 7.23. The van der Waals surface area contributed by atoms with Crippen molar-refractivity contribution in [3.05, 3.63) is 69.2 Å². The Morgan fingerprint density at radius 3 is 2.89 bits per heavy atom. The van der Waals surface area contributed by atoms with E-state index in [9.17, 15) is 4.79 Å². The van der Waals surface area contributed by atoms with Gasteiger partial charge in [-0.1, -0.05) is 17.7 Å². The van der Waals surface area contributed by atoms with Crippen LogP contribution in [0.4, 0.5) is 0 Å². The zero-order valence-electron chi connectivity index (χ0n) is 15.7. The van der Waals surface area contributed by atoms with Crippen molar-refractivity contribution in [1.82, 2.24) is 14.7 Å². The van der Waals surface area contributed by atoms with Crippen molar-refractivity contribution in [2.24, 2.45) is 5.73 Å². The van der Waals surface area contributed by atoms with Gasteiger partial charge in [0.15, 0.2) is 0 Å². The molecule has 0 bridgehead atoms. The number of nitrogens with zero attached hydrogens (tertiary/aromatic N) is 3. The fourth-order valence-electron chi connectivity index (χ4n) is 4.12. The Morgan fingerprint density at radius 1 is 1.33 bits per heavy atom. The molecule has 1 aliphatic rings. The Bertz CT molecular complexity index is 961. The van der Waals surface area contributed by atoms with Crippen molar-refractivity contribution in [2.45, 2.75) is 39.3 Å². The van der Waals surface area contributed by atoms with Crippen LogP contribution in [0.3, 0.4) is 0 Å². The van der Waals surface area contributed by atoms with Crippen molar-refractivity contribution in [1.29, 1.82) is 0 Å². The van der Waals surface area contributed by atoms with Gasteiger partial charge in [0.05, 0.1) is 10.6 Å². The van der Waals surface area contributed by atoms with Gasteiger partial charge in [0, 0.05) is 29.9 Å². The topological polar surface area (TPSA) is 64.2 Å². The van der Waals surface area contributed by atoms with Gasteiger partial charge in [-0.15, -0.1) is 11.3 Å². The predicted molar refractivity (Wildman–Crippen MR) is 108 cm³/mol. The maximum Gasteiger partial charge on any atom is 0.258 e. The number of aromatic nitrogens is 2. The highest BCUT2D eigenvalue weighted by molar-refractivity contribution is 7.14. The third-order valence-electron chi connectivity index (χ3n) is 5.19. The highest BCUT2D eigenvalue weighted by Gasteiger charge is 2.28. The molecule has 0 aliphatic carbocycles. The van der Waals surface area contributed by atoms with Crippen LogP contribution >= 0.6 is 11.3 Å². The molecule has 2 N–H and O–H groups in total. The minimum absolute atomic E-state index is 0.342. The summed E-state index contributed by atoms with van der Waals surface area (Å²) in [4.78, 5) is 15.8. The first kappa shape index (κ1) is 17.9. The Hall–Kier alpha value is -2.44. The number of hydrogen-bond acceptors (Lipinski definition) is 4. The van der Waals surface area contributed by atoms with E-state index in [0.29, 0.717) is 10.9 Å². The van der Waals surface area contributed by atoms with Crippen molar-refractivity contribution in [3.63, 3.8) is 0 Å². The van der Waals surface area contributed by atoms with E-state index in [4.69, 9.17) is 5.73 Å². The van der Waals surface area contributed by atoms with E-state index in [1.54, 1.807) is 0 Å². The molecule has 0 unspecified atom stereocenters. The lowest BCUT2D eigenvalue weighted by Gasteiger charge is -2.25. The van der Waals surface area contributed by atoms with E-state index in [1.165, 1.54) is 38.6 Å². The molecule has 0 saturated carbocycles. The van der Waals surface area contributed by atoms with Crippen LogP contribution in [0, 0.1) is 13.8 Å². The number of primary amides is 1. The Morgan fingerprint density at radius 2 is 2.19 bits per heavy atom. The molecule has 3 heterocycles. The molecule has 0 radical (unpaired) electrons. The number of aryl methyl sites for hydroxylation is 2. The second kappa shape index (κ2) is 7.29. The van der Waals surface area contributed by atoms with Crippen LogP contribution < -0.4 is 5.73 Å². The van der Waals surface area contributed by atoms with Gasteiger partial charge in [0.1, 0.15) is 0 Å². The lowest BCUT2D eigenvalue weighted by molar-refractivity contribution is 0.100. The van der Waals surface area contributed by atoms with Gasteiger partial charge in [-0.2, -0.15) is 5.10 Å². The Kier molecular flexibility index (Phi) is 4.85. The number of carbonyl (C=O) groups excluding carboxylic acids is 1. The maximum absolute atomic E-state index is 11.5. The molecule has 27 heavy (non-hydrogen) atoms. The highest BCUT2D eigenvalue weighted by atomic mass is 32.1. The minimum atomic E-state index is -0.342. The average Bonchev–Trinajstić information content (AvgIpc) is 3.35. The second-order valence-corrected chi connectivity index (χ2v) is 8.35. The van der Waals surface area contributed by atoms with Crippen LogP contribution in [-0.4, -0.2) is 27.1 Å². The molecule has 1 fully saturated rings. The number of likely N-dealkylation sites (tertiary alicyclic amines) is 1. The summed E-state index contributed by atoms with van der Waals surface area (Å²) in [5.41, 5.74) is 10.4. The first-order valence-electron chi connectivity index (χ1n) is 9.26. The van der Waals surface area contributed by atoms with Gasteiger partial charge < -0.3 is 5.73 Å². The van der Waals surface area contributed by atoms with Crippen molar-refractivity contribution in [3.8, 4) is 5.69 Å². The molecule has 1 amide bonds. The smallest absolute Gasteiger partial charge is 0.258 e. The SMILES string of the molecule is Cc1cc(C)c(-n2cccn2)c(CN2CCC[C@@H]2c2ccc(C(N)=O)s2)c1. The van der Waals surface area contributed by atoms with Crippen molar-refractivity contribution < 1.29 is 4.79 Å². The number of amides is 1. The number of rotatable bonds is 5. The molecule has 2 aromatic heterocycles. The quantitative estimate of drug-likeness (QED) is 0.728. The summed E-state index contributed by atoms with van der Waals surface area (Å²) in [6, 6.07) is 10.7. The van der Waals surface area contributed by atoms with Crippen LogP contribution in [0.1, 0.15) is 50.1 Å². The number of nitrogens with two attached hydrogens (primary N) is 1. The lowest BCUT2D eigenvalue weighted by atomic mass is 10.0. The molecule has 1 aliphatic heterocycles. The molecular weight excluding hydrogens is 356 g/mol. The normalized spacial score (nSPS) is 17.5. The third kappa shape index (κ3) is 3.55. The standard InChI is InChI=1S/C21H24N4OS/c1-14-11-15(2)20(25-10-4-8-23-25)16(12-14)13-24-9-3-5-17(24)18-6-7-19(27-18)21(22)26/h4,6-8,10-12,17H,3,5,9,13H2,1-2H3,(H2,22,26)/t17-/m1/s1. The summed E-state index contributed by atoms with van der Waals surface area (Å²) >= 11 is 1.53. The minimum Gasteiger partial charge on any atom is -0.365 e. The molecule has 1 aromatic carbocycles. The van der Waals surface area contributed by atoms with Gasteiger partial charge in [-0.05, 0) is 62.6 Å². The van der Waals surface area contributed by atoms with Crippen molar-refractivity contribution in [2.75, 3.05) is 6.54 Å². The first-order chi connectivity index (χ1) is 13.0. The van der Waals surface area contributed by atoms with Crippen LogP contribution in [0.25, 0.3) is 5.69 Å². The van der Waals surface area contributed by atoms with E-state index in [2.05, 4.69) is 42.0 Å². The fourth-order valence-corrected chi connectivity index (χ4v) is 5.15. The molecule has 1 atom stereocenters. The molecule has 140 valence electrons. The largest absolute Gasteiger partial charge is 0.365 e. The number of hydrogen-bond donors (Lipinski definition) is 1. The lowest BCUT2D eigenvalue weighted by Crippen LogP contribution is -2.23. The monoisotopic (exact) mass is 380 g/mol. The molecule has 1 saturated heterocycles. The summed E-state index contributed by atoms with van der Waals surface area (Å²) in [5, 5.41) is 4.46. The summed E-state index contributed by atoms with van der Waals surface area (Å²) < 4.78 is 1.96. The van der Waals surface area contributed by atoms with Gasteiger partial charge in [-0.25, -0.2) is 4.68 Å². The number of benzene rings is 1. The zero-order valence-corrected chi connectivity index (χ0v) is 16.5. The summed E-state index contributed by atoms with van der Waals surface area (Å²) in [7, 11) is 0. The van der Waals surface area contributed by atoms with Crippen LogP contribution in [0.2, 0.25) is 0 Å². The van der Waals surface area contributed by atoms with Crippen LogP contribution in [-0.2, 0) is 6.54 Å². The summed E-state index contributed by atoms with van der Waals surface area (Å²) in [6.07, 6.45) is 6.09. The Balaban J connectivity index is 1.66. The number of carbonyl (C=O) groups is 1. The zero-order chi connectivity index (χ0) is 19.0. The molecular formula is C21H24N4OS. The number of thiophene rings is 1. The van der Waals surface area contributed by atoms with E-state index in [-0.39, 0.29) is 5.91 Å². The average molecular weight is 381 g/mol. The predicted octanol–water partition coefficient (Wildman–Crippen LogP) is 3.99. The van der Waals surface area contributed by atoms with Gasteiger partial charge in [0.2, 0.25) is 0 Å². The van der Waals surface area contributed by atoms with Gasteiger partial charge >= 0.3 is 0 Å². The first-order valence-corrected chi connectivity index (χ1v) is 10.1. The van der Waals surface area contributed by atoms with Crippen LogP contribution in [0.5, 0.6) is 0 Å². The summed E-state index contributed by atoms with van der Waals surface area (Å²) in [6.45, 7) is 6.21. The van der Waals surface area contributed by atoms with E-state index in [1.807, 2.05) is 29.2 Å². The third-order valence-corrected chi connectivity index (χ3v) is 6.39. The molecule has 5 nitrogen and oxygen atoms in total. The van der Waals surface area contributed by atoms with Crippen LogP contribution in [0.15, 0.2) is 42.7 Å². The fraction of sp³-hybridized carbons (Fsp3) is 0.333. The molecule has 3 aromatic rings. The van der Waals surface area contributed by atoms with Crippen molar-refractivity contribution >= 4 is 17.2 Å². The Labute approximate surface area is 163 Å².